The zero-order chi connectivity index (χ0) is 20.5. The Morgan fingerprint density at radius 2 is 1.82 bits per heavy atom. The molecule has 2 N–H and O–H groups in total. The number of anilines is 1. The van der Waals surface area contributed by atoms with Crippen molar-refractivity contribution < 1.29 is 23.5 Å². The van der Waals surface area contributed by atoms with E-state index >= 15 is 0 Å². The Labute approximate surface area is 164 Å². The van der Waals surface area contributed by atoms with Crippen molar-refractivity contribution in [3.05, 3.63) is 54.0 Å². The summed E-state index contributed by atoms with van der Waals surface area (Å²) in [5.74, 6) is -1.19. The molecule has 0 aliphatic heterocycles. The topological polar surface area (TPSA) is 97.6 Å². The molecule has 1 heterocycles. The van der Waals surface area contributed by atoms with Crippen molar-refractivity contribution in [1.82, 2.24) is 5.32 Å². The fraction of sp³-hybridized carbons (Fsp3) is 0.381. The van der Waals surface area contributed by atoms with Gasteiger partial charge in [-0.3, -0.25) is 9.59 Å². The summed E-state index contributed by atoms with van der Waals surface area (Å²) in [4.78, 5) is 36.7. The molecule has 1 aromatic carbocycles. The summed E-state index contributed by atoms with van der Waals surface area (Å²) in [6.07, 6.45) is 3.17. The summed E-state index contributed by atoms with van der Waals surface area (Å²) in [6.45, 7) is 6.08. The van der Waals surface area contributed by atoms with E-state index in [0.717, 1.165) is 12.8 Å². The Hall–Kier alpha value is -3.09. The third-order valence-corrected chi connectivity index (χ3v) is 4.10. The Morgan fingerprint density at radius 1 is 1.11 bits per heavy atom. The minimum Gasteiger partial charge on any atom is -0.462 e. The maximum absolute atomic E-state index is 12.6. The smallest absolute Gasteiger partial charge is 0.338 e. The summed E-state index contributed by atoms with van der Waals surface area (Å²) >= 11 is 0. The Bertz CT molecular complexity index is 782. The van der Waals surface area contributed by atoms with Crippen molar-refractivity contribution >= 4 is 23.5 Å². The fourth-order valence-electron chi connectivity index (χ4n) is 2.46. The van der Waals surface area contributed by atoms with Gasteiger partial charge in [0.1, 0.15) is 6.04 Å². The molecule has 0 aliphatic carbocycles. The molecule has 7 heteroatoms. The predicted molar refractivity (Wildman–Crippen MR) is 105 cm³/mol. The van der Waals surface area contributed by atoms with E-state index in [0.29, 0.717) is 17.9 Å². The summed E-state index contributed by atoms with van der Waals surface area (Å²) in [5.41, 5.74) is 0.939. The van der Waals surface area contributed by atoms with E-state index in [2.05, 4.69) is 10.6 Å². The molecule has 0 saturated heterocycles. The summed E-state index contributed by atoms with van der Waals surface area (Å²) in [7, 11) is 0. The van der Waals surface area contributed by atoms with Gasteiger partial charge in [0.05, 0.1) is 18.4 Å². The third-order valence-electron chi connectivity index (χ3n) is 4.10. The van der Waals surface area contributed by atoms with Gasteiger partial charge in [0.25, 0.3) is 5.91 Å². The lowest BCUT2D eigenvalue weighted by atomic mass is 10.0. The van der Waals surface area contributed by atoms with Crippen molar-refractivity contribution in [3.63, 3.8) is 0 Å². The SMILES string of the molecule is CCCCOC(=O)c1ccc(NC(=O)C(NC(=O)c2ccco2)C(C)C)cc1. The number of amides is 2. The molecular weight excluding hydrogens is 360 g/mol. The quantitative estimate of drug-likeness (QED) is 0.507. The summed E-state index contributed by atoms with van der Waals surface area (Å²) in [6, 6.07) is 8.83. The van der Waals surface area contributed by atoms with Crippen LogP contribution in [-0.2, 0) is 9.53 Å². The second kappa shape index (κ2) is 10.3. The highest BCUT2D eigenvalue weighted by molar-refractivity contribution is 6.00. The summed E-state index contributed by atoms with van der Waals surface area (Å²) < 4.78 is 10.2. The number of unbranched alkanes of at least 4 members (excludes halogenated alkanes) is 1. The molecule has 1 atom stereocenters. The number of benzene rings is 1. The maximum atomic E-state index is 12.6. The predicted octanol–water partition coefficient (Wildman–Crippen LogP) is 3.63. The molecule has 0 aliphatic rings. The fourth-order valence-corrected chi connectivity index (χ4v) is 2.46. The Kier molecular flexibility index (Phi) is 7.80. The number of hydrogen-bond acceptors (Lipinski definition) is 5. The van der Waals surface area contributed by atoms with Crippen LogP contribution in [0.5, 0.6) is 0 Å². The van der Waals surface area contributed by atoms with Crippen molar-refractivity contribution in [3.8, 4) is 0 Å². The molecule has 0 fully saturated rings. The van der Waals surface area contributed by atoms with Crippen LogP contribution in [0.2, 0.25) is 0 Å². The van der Waals surface area contributed by atoms with Gasteiger partial charge >= 0.3 is 5.97 Å². The van der Waals surface area contributed by atoms with Crippen LogP contribution < -0.4 is 10.6 Å². The molecule has 150 valence electrons. The number of furan rings is 1. The van der Waals surface area contributed by atoms with Gasteiger partial charge in [0.2, 0.25) is 5.91 Å². The molecule has 0 spiro atoms. The van der Waals surface area contributed by atoms with Gasteiger partial charge in [-0.25, -0.2) is 4.79 Å². The third kappa shape index (κ3) is 5.97. The lowest BCUT2D eigenvalue weighted by molar-refractivity contribution is -0.118. The maximum Gasteiger partial charge on any atom is 0.338 e. The molecule has 0 radical (unpaired) electrons. The van der Waals surface area contributed by atoms with Gasteiger partial charge in [0.15, 0.2) is 5.76 Å². The van der Waals surface area contributed by atoms with Crippen molar-refractivity contribution in [2.75, 3.05) is 11.9 Å². The normalized spacial score (nSPS) is 11.7. The number of esters is 1. The van der Waals surface area contributed by atoms with E-state index < -0.39 is 17.9 Å². The molecule has 0 bridgehead atoms. The van der Waals surface area contributed by atoms with Crippen LogP contribution in [0.1, 0.15) is 54.5 Å². The number of carbonyl (C=O) groups excluding carboxylic acids is 3. The van der Waals surface area contributed by atoms with E-state index in [1.54, 1.807) is 30.3 Å². The van der Waals surface area contributed by atoms with Crippen molar-refractivity contribution in [1.29, 1.82) is 0 Å². The minimum atomic E-state index is -0.740. The zero-order valence-electron chi connectivity index (χ0n) is 16.4. The second-order valence-corrected chi connectivity index (χ2v) is 6.73. The van der Waals surface area contributed by atoms with Crippen LogP contribution in [0.25, 0.3) is 0 Å². The highest BCUT2D eigenvalue weighted by atomic mass is 16.5. The minimum absolute atomic E-state index is 0.133. The zero-order valence-corrected chi connectivity index (χ0v) is 16.4. The average molecular weight is 386 g/mol. The molecule has 2 rings (SSSR count). The van der Waals surface area contributed by atoms with Crippen LogP contribution in [0.4, 0.5) is 5.69 Å². The first-order valence-electron chi connectivity index (χ1n) is 9.34. The van der Waals surface area contributed by atoms with Gasteiger partial charge in [0, 0.05) is 5.69 Å². The molecule has 28 heavy (non-hydrogen) atoms. The number of nitrogens with one attached hydrogen (secondary N) is 2. The lowest BCUT2D eigenvalue weighted by Gasteiger charge is -2.21. The standard InChI is InChI=1S/C21H26N2O5/c1-4-5-12-28-21(26)15-8-10-16(11-9-15)22-20(25)18(14(2)3)23-19(24)17-7-6-13-27-17/h6-11,13-14,18H,4-5,12H2,1-3H3,(H,22,25)(H,23,24). The van der Waals surface area contributed by atoms with E-state index in [9.17, 15) is 14.4 Å². The Balaban J connectivity index is 1.97. The van der Waals surface area contributed by atoms with E-state index in [4.69, 9.17) is 9.15 Å². The van der Waals surface area contributed by atoms with Gasteiger partial charge in [-0.05, 0) is 48.7 Å². The van der Waals surface area contributed by atoms with Crippen LogP contribution in [0.3, 0.4) is 0 Å². The van der Waals surface area contributed by atoms with Crippen LogP contribution >= 0.6 is 0 Å². The second-order valence-electron chi connectivity index (χ2n) is 6.73. The average Bonchev–Trinajstić information content (AvgIpc) is 3.21. The molecule has 1 unspecified atom stereocenters. The summed E-state index contributed by atoms with van der Waals surface area (Å²) in [5, 5.41) is 5.43. The van der Waals surface area contributed by atoms with E-state index in [-0.39, 0.29) is 17.6 Å². The van der Waals surface area contributed by atoms with E-state index in [1.165, 1.54) is 12.3 Å². The van der Waals surface area contributed by atoms with Gasteiger partial charge < -0.3 is 19.8 Å². The van der Waals surface area contributed by atoms with Gasteiger partial charge in [-0.15, -0.1) is 0 Å². The van der Waals surface area contributed by atoms with Crippen LogP contribution in [-0.4, -0.2) is 30.4 Å². The van der Waals surface area contributed by atoms with Gasteiger partial charge in [-0.2, -0.15) is 0 Å². The molecule has 7 nitrogen and oxygen atoms in total. The largest absolute Gasteiger partial charge is 0.462 e. The first-order valence-corrected chi connectivity index (χ1v) is 9.34. The number of ether oxygens (including phenoxy) is 1. The molecule has 1 aromatic heterocycles. The lowest BCUT2D eigenvalue weighted by Crippen LogP contribution is -2.47. The van der Waals surface area contributed by atoms with Crippen LogP contribution in [0.15, 0.2) is 47.1 Å². The van der Waals surface area contributed by atoms with Gasteiger partial charge in [-0.1, -0.05) is 27.2 Å². The monoisotopic (exact) mass is 386 g/mol. The van der Waals surface area contributed by atoms with E-state index in [1.807, 2.05) is 20.8 Å². The highest BCUT2D eigenvalue weighted by Gasteiger charge is 2.25. The van der Waals surface area contributed by atoms with Crippen molar-refractivity contribution in [2.24, 2.45) is 5.92 Å². The molecule has 2 aromatic rings. The first-order chi connectivity index (χ1) is 13.4. The molecule has 2 amide bonds. The molecular formula is C21H26N2O5. The number of carbonyl (C=O) groups is 3. The molecule has 0 saturated carbocycles. The van der Waals surface area contributed by atoms with Crippen LogP contribution in [0, 0.1) is 5.92 Å². The first kappa shape index (κ1) is 21.2. The highest BCUT2D eigenvalue weighted by Crippen LogP contribution is 2.13. The van der Waals surface area contributed by atoms with Crippen molar-refractivity contribution in [2.45, 2.75) is 39.7 Å². The Morgan fingerprint density at radius 3 is 2.39 bits per heavy atom. The number of hydrogen-bond donors (Lipinski definition) is 2. The number of rotatable bonds is 9.